The Labute approximate surface area is 115 Å². The third kappa shape index (κ3) is 3.31. The number of hydrogen-bond donors (Lipinski definition) is 1. The first-order valence-corrected chi connectivity index (χ1v) is 6.70. The number of aromatic nitrogens is 1. The zero-order valence-corrected chi connectivity index (χ0v) is 12.3. The molecule has 3 heteroatoms. The van der Waals surface area contributed by atoms with Gasteiger partial charge in [-0.15, -0.1) is 0 Å². The quantitative estimate of drug-likeness (QED) is 0.892. The highest BCUT2D eigenvalue weighted by Gasteiger charge is 2.19. The molecule has 1 aromatic heterocycles. The molecule has 0 amide bonds. The van der Waals surface area contributed by atoms with Crippen LogP contribution in [0.2, 0.25) is 0 Å². The highest BCUT2D eigenvalue weighted by molar-refractivity contribution is 5.84. The molecule has 0 atom stereocenters. The van der Waals surface area contributed by atoms with Crippen molar-refractivity contribution in [2.75, 3.05) is 20.6 Å². The van der Waals surface area contributed by atoms with E-state index in [0.29, 0.717) is 0 Å². The van der Waals surface area contributed by atoms with Gasteiger partial charge in [-0.3, -0.25) is 4.98 Å². The van der Waals surface area contributed by atoms with E-state index in [9.17, 15) is 0 Å². The number of nitrogens with zero attached hydrogens (tertiary/aromatic N) is 2. The van der Waals surface area contributed by atoms with E-state index < -0.39 is 0 Å². The molecule has 2 rings (SSSR count). The Bertz CT molecular complexity index is 541. The molecule has 0 aliphatic heterocycles. The maximum atomic E-state index is 4.31. The highest BCUT2D eigenvalue weighted by atomic mass is 15.2. The third-order valence-electron chi connectivity index (χ3n) is 3.83. The average molecular weight is 257 g/mol. The second-order valence-electron chi connectivity index (χ2n) is 5.83. The Kier molecular flexibility index (Phi) is 4.17. The van der Waals surface area contributed by atoms with Gasteiger partial charge < -0.3 is 10.2 Å². The second kappa shape index (κ2) is 5.68. The first kappa shape index (κ1) is 14.0. The summed E-state index contributed by atoms with van der Waals surface area (Å²) in [5, 5.41) is 6.02. The summed E-state index contributed by atoms with van der Waals surface area (Å²) in [6.45, 7) is 6.28. The van der Waals surface area contributed by atoms with Crippen LogP contribution in [0.4, 0.5) is 0 Å². The van der Waals surface area contributed by atoms with Gasteiger partial charge >= 0.3 is 0 Å². The van der Waals surface area contributed by atoms with Crippen molar-refractivity contribution in [2.24, 2.45) is 0 Å². The molecule has 0 saturated heterocycles. The first-order chi connectivity index (χ1) is 9.00. The van der Waals surface area contributed by atoms with Crippen LogP contribution in [0.15, 0.2) is 36.7 Å². The van der Waals surface area contributed by atoms with Gasteiger partial charge in [0.25, 0.3) is 0 Å². The molecule has 3 nitrogen and oxygen atoms in total. The lowest BCUT2D eigenvalue weighted by molar-refractivity contribution is 0.190. The van der Waals surface area contributed by atoms with E-state index in [1.165, 1.54) is 16.3 Å². The minimum atomic E-state index is 0.151. The Morgan fingerprint density at radius 1 is 1.16 bits per heavy atom. The van der Waals surface area contributed by atoms with Crippen molar-refractivity contribution in [3.05, 3.63) is 42.2 Å². The molecule has 0 bridgehead atoms. The number of benzene rings is 1. The van der Waals surface area contributed by atoms with E-state index in [0.717, 1.165) is 13.1 Å². The number of nitrogens with one attached hydrogen (secondary N) is 1. The molecule has 1 heterocycles. The lowest BCUT2D eigenvalue weighted by Gasteiger charge is -2.32. The van der Waals surface area contributed by atoms with Crippen molar-refractivity contribution < 1.29 is 0 Å². The maximum absolute atomic E-state index is 4.31. The van der Waals surface area contributed by atoms with Crippen molar-refractivity contribution in [3.63, 3.8) is 0 Å². The molecule has 1 N–H and O–H groups in total. The van der Waals surface area contributed by atoms with Gasteiger partial charge in [0, 0.05) is 36.4 Å². The summed E-state index contributed by atoms with van der Waals surface area (Å²) in [5.74, 6) is 0. The predicted molar refractivity (Wildman–Crippen MR) is 81.2 cm³/mol. The van der Waals surface area contributed by atoms with Crippen LogP contribution in [0.25, 0.3) is 10.8 Å². The molecule has 2 aromatic rings. The molecular weight excluding hydrogens is 234 g/mol. The fourth-order valence-electron chi connectivity index (χ4n) is 1.98. The Morgan fingerprint density at radius 2 is 1.89 bits per heavy atom. The molecule has 102 valence electrons. The van der Waals surface area contributed by atoms with Crippen molar-refractivity contribution in [2.45, 2.75) is 25.9 Å². The lowest BCUT2D eigenvalue weighted by Crippen LogP contribution is -2.46. The van der Waals surface area contributed by atoms with E-state index in [1.807, 2.05) is 12.4 Å². The monoisotopic (exact) mass is 257 g/mol. The van der Waals surface area contributed by atoms with Crippen LogP contribution in [0.5, 0.6) is 0 Å². The fraction of sp³-hybridized carbons (Fsp3) is 0.438. The summed E-state index contributed by atoms with van der Waals surface area (Å²) in [7, 11) is 4.22. The van der Waals surface area contributed by atoms with Gasteiger partial charge in [-0.1, -0.05) is 24.3 Å². The summed E-state index contributed by atoms with van der Waals surface area (Å²) in [6.07, 6.45) is 3.88. The van der Waals surface area contributed by atoms with E-state index in [2.05, 4.69) is 67.4 Å². The van der Waals surface area contributed by atoms with Crippen LogP contribution in [0.3, 0.4) is 0 Å². The molecule has 0 spiro atoms. The van der Waals surface area contributed by atoms with Crippen LogP contribution in [-0.4, -0.2) is 36.1 Å². The van der Waals surface area contributed by atoms with E-state index in [1.54, 1.807) is 0 Å². The third-order valence-corrected chi connectivity index (χ3v) is 3.83. The van der Waals surface area contributed by atoms with E-state index in [4.69, 9.17) is 0 Å². The van der Waals surface area contributed by atoms with Gasteiger partial charge in [-0.25, -0.2) is 0 Å². The summed E-state index contributed by atoms with van der Waals surface area (Å²) < 4.78 is 0. The number of likely N-dealkylation sites (N-methyl/N-ethyl adjacent to an activating group) is 1. The Balaban J connectivity index is 2.07. The number of hydrogen-bond acceptors (Lipinski definition) is 3. The summed E-state index contributed by atoms with van der Waals surface area (Å²) in [6, 6.07) is 8.40. The molecule has 19 heavy (non-hydrogen) atoms. The van der Waals surface area contributed by atoms with Crippen LogP contribution in [-0.2, 0) is 6.54 Å². The molecule has 0 radical (unpaired) electrons. The molecular formula is C16H23N3. The second-order valence-corrected chi connectivity index (χ2v) is 5.83. The van der Waals surface area contributed by atoms with Gasteiger partial charge in [-0.2, -0.15) is 0 Å². The van der Waals surface area contributed by atoms with Crippen LogP contribution < -0.4 is 5.32 Å². The largest absolute Gasteiger partial charge is 0.311 e. The van der Waals surface area contributed by atoms with Crippen molar-refractivity contribution >= 4 is 10.8 Å². The summed E-state index contributed by atoms with van der Waals surface area (Å²) in [5.41, 5.74) is 1.41. The highest BCUT2D eigenvalue weighted by Crippen LogP contribution is 2.17. The van der Waals surface area contributed by atoms with Gasteiger partial charge in [0.2, 0.25) is 0 Å². The average Bonchev–Trinajstić information content (AvgIpc) is 2.38. The van der Waals surface area contributed by atoms with Gasteiger partial charge in [0.1, 0.15) is 0 Å². The van der Waals surface area contributed by atoms with Crippen LogP contribution >= 0.6 is 0 Å². The number of pyridine rings is 1. The van der Waals surface area contributed by atoms with E-state index in [-0.39, 0.29) is 5.54 Å². The molecule has 0 unspecified atom stereocenters. The molecule has 0 aliphatic rings. The van der Waals surface area contributed by atoms with Crippen LogP contribution in [0.1, 0.15) is 19.4 Å². The van der Waals surface area contributed by atoms with Crippen molar-refractivity contribution in [1.29, 1.82) is 0 Å². The fourth-order valence-corrected chi connectivity index (χ4v) is 1.98. The predicted octanol–water partition coefficient (Wildman–Crippen LogP) is 2.66. The number of fused-ring (bicyclic) bond motifs is 1. The lowest BCUT2D eigenvalue weighted by atomic mass is 10.0. The minimum absolute atomic E-state index is 0.151. The topological polar surface area (TPSA) is 28.2 Å². The Hall–Kier alpha value is -1.45. The van der Waals surface area contributed by atoms with Crippen molar-refractivity contribution in [3.8, 4) is 0 Å². The standard InChI is InChI=1S/C16H23N3/c1-16(2,19(3)4)12-18-11-14-10-17-9-13-7-5-6-8-15(13)14/h5-10,18H,11-12H2,1-4H3. The van der Waals surface area contributed by atoms with Crippen molar-refractivity contribution in [1.82, 2.24) is 15.2 Å². The summed E-state index contributed by atoms with van der Waals surface area (Å²) >= 11 is 0. The van der Waals surface area contributed by atoms with Gasteiger partial charge in [0.05, 0.1) is 0 Å². The minimum Gasteiger partial charge on any atom is -0.311 e. The normalized spacial score (nSPS) is 12.3. The SMILES string of the molecule is CN(C)C(C)(C)CNCc1cncc2ccccc12. The number of rotatable bonds is 5. The van der Waals surface area contributed by atoms with Gasteiger partial charge in [0.15, 0.2) is 0 Å². The summed E-state index contributed by atoms with van der Waals surface area (Å²) in [4.78, 5) is 6.55. The molecule has 1 aromatic carbocycles. The zero-order valence-electron chi connectivity index (χ0n) is 12.3. The molecule has 0 saturated carbocycles. The first-order valence-electron chi connectivity index (χ1n) is 6.70. The molecule has 0 aliphatic carbocycles. The maximum Gasteiger partial charge on any atom is 0.0346 e. The molecule has 0 fully saturated rings. The van der Waals surface area contributed by atoms with Gasteiger partial charge in [-0.05, 0) is 38.9 Å². The van der Waals surface area contributed by atoms with Crippen LogP contribution in [0, 0.1) is 0 Å². The van der Waals surface area contributed by atoms with E-state index >= 15 is 0 Å². The zero-order chi connectivity index (χ0) is 13.9. The Morgan fingerprint density at radius 3 is 2.63 bits per heavy atom. The smallest absolute Gasteiger partial charge is 0.0346 e.